The first-order chi connectivity index (χ1) is 12.1. The zero-order valence-corrected chi connectivity index (χ0v) is 13.0. The van der Waals surface area contributed by atoms with E-state index in [0.717, 1.165) is 0 Å². The molecule has 0 unspecified atom stereocenters. The van der Waals surface area contributed by atoms with Gasteiger partial charge >= 0.3 is 5.97 Å². The van der Waals surface area contributed by atoms with Gasteiger partial charge in [0.1, 0.15) is 0 Å². The number of amides is 1. The van der Waals surface area contributed by atoms with Gasteiger partial charge in [-0.2, -0.15) is 4.98 Å². The highest BCUT2D eigenvalue weighted by atomic mass is 16.5. The number of aromatic carboxylic acids is 1. The van der Waals surface area contributed by atoms with Crippen molar-refractivity contribution in [2.45, 2.75) is 13.0 Å². The Morgan fingerprint density at radius 2 is 2.00 bits per heavy atom. The number of aromatic nitrogens is 3. The Balaban J connectivity index is 1.60. The number of carboxylic acids is 1. The van der Waals surface area contributed by atoms with Gasteiger partial charge in [-0.1, -0.05) is 23.4 Å². The van der Waals surface area contributed by atoms with E-state index in [-0.39, 0.29) is 30.3 Å². The van der Waals surface area contributed by atoms with Crippen molar-refractivity contribution < 1.29 is 19.2 Å². The van der Waals surface area contributed by atoms with Crippen LogP contribution in [-0.2, 0) is 17.8 Å². The van der Waals surface area contributed by atoms with Crippen LogP contribution in [0.2, 0.25) is 0 Å². The maximum atomic E-state index is 12.0. The second kappa shape index (κ2) is 7.35. The lowest BCUT2D eigenvalue weighted by molar-refractivity contribution is -0.120. The molecule has 3 rings (SSSR count). The van der Waals surface area contributed by atoms with E-state index in [0.29, 0.717) is 17.0 Å². The molecule has 2 N–H and O–H groups in total. The summed E-state index contributed by atoms with van der Waals surface area (Å²) in [6.45, 7) is 0.0569. The average molecular weight is 338 g/mol. The molecule has 0 aliphatic carbocycles. The number of carboxylic acid groups (broad SMARTS) is 1. The molecule has 8 heteroatoms. The van der Waals surface area contributed by atoms with Gasteiger partial charge in [0.25, 0.3) is 0 Å². The van der Waals surface area contributed by atoms with Crippen LogP contribution in [0.5, 0.6) is 0 Å². The van der Waals surface area contributed by atoms with Gasteiger partial charge < -0.3 is 14.9 Å². The van der Waals surface area contributed by atoms with Crippen molar-refractivity contribution in [1.82, 2.24) is 20.4 Å². The van der Waals surface area contributed by atoms with Crippen LogP contribution >= 0.6 is 0 Å². The van der Waals surface area contributed by atoms with Gasteiger partial charge in [0, 0.05) is 18.0 Å². The van der Waals surface area contributed by atoms with Gasteiger partial charge in [-0.05, 0) is 23.8 Å². The molecule has 0 saturated heterocycles. The first-order valence-electron chi connectivity index (χ1n) is 7.44. The Labute approximate surface area is 142 Å². The van der Waals surface area contributed by atoms with Crippen molar-refractivity contribution in [3.8, 4) is 11.4 Å². The van der Waals surface area contributed by atoms with Crippen LogP contribution in [0.1, 0.15) is 21.8 Å². The minimum Gasteiger partial charge on any atom is -0.478 e. The number of pyridine rings is 1. The van der Waals surface area contributed by atoms with E-state index >= 15 is 0 Å². The molecule has 8 nitrogen and oxygen atoms in total. The largest absolute Gasteiger partial charge is 0.478 e. The summed E-state index contributed by atoms with van der Waals surface area (Å²) in [5.41, 5.74) is 1.25. The lowest BCUT2D eigenvalue weighted by atomic mass is 10.0. The van der Waals surface area contributed by atoms with Gasteiger partial charge in [-0.15, -0.1) is 0 Å². The second-order valence-corrected chi connectivity index (χ2v) is 5.17. The highest BCUT2D eigenvalue weighted by Crippen LogP contribution is 2.13. The topological polar surface area (TPSA) is 118 Å². The van der Waals surface area contributed by atoms with Crippen LogP contribution in [0.15, 0.2) is 53.3 Å². The Morgan fingerprint density at radius 3 is 2.76 bits per heavy atom. The average Bonchev–Trinajstić information content (AvgIpc) is 3.10. The van der Waals surface area contributed by atoms with E-state index < -0.39 is 5.97 Å². The summed E-state index contributed by atoms with van der Waals surface area (Å²) in [6.07, 6.45) is 3.20. The Bertz CT molecular complexity index is 892. The zero-order chi connectivity index (χ0) is 17.6. The first-order valence-corrected chi connectivity index (χ1v) is 7.44. The van der Waals surface area contributed by atoms with Crippen LogP contribution in [0.3, 0.4) is 0 Å². The molecule has 25 heavy (non-hydrogen) atoms. The smallest absolute Gasteiger partial charge is 0.335 e. The fourth-order valence-corrected chi connectivity index (χ4v) is 2.23. The fourth-order valence-electron chi connectivity index (χ4n) is 2.23. The van der Waals surface area contributed by atoms with Gasteiger partial charge in [-0.3, -0.25) is 9.78 Å². The molecule has 126 valence electrons. The molecule has 2 aromatic heterocycles. The first kappa shape index (κ1) is 16.3. The molecular weight excluding hydrogens is 324 g/mol. The molecule has 0 fully saturated rings. The normalized spacial score (nSPS) is 10.4. The SMILES string of the molecule is O=C(Cc1ccccc1C(=O)O)NCc1nc(-c2cccnc2)no1. The molecule has 0 atom stereocenters. The predicted octanol–water partition coefficient (Wildman–Crippen LogP) is 1.69. The van der Waals surface area contributed by atoms with Crippen molar-refractivity contribution in [2.24, 2.45) is 0 Å². The van der Waals surface area contributed by atoms with Gasteiger partial charge in [0.2, 0.25) is 17.6 Å². The summed E-state index contributed by atoms with van der Waals surface area (Å²) in [6, 6.07) is 9.92. The Hall–Kier alpha value is -3.55. The third kappa shape index (κ3) is 4.05. The quantitative estimate of drug-likeness (QED) is 0.702. The Morgan fingerprint density at radius 1 is 1.16 bits per heavy atom. The molecule has 1 aromatic carbocycles. The lowest BCUT2D eigenvalue weighted by Crippen LogP contribution is -2.25. The van der Waals surface area contributed by atoms with Crippen LogP contribution in [0, 0.1) is 0 Å². The van der Waals surface area contributed by atoms with Crippen molar-refractivity contribution in [3.63, 3.8) is 0 Å². The molecule has 0 aliphatic heterocycles. The maximum Gasteiger partial charge on any atom is 0.335 e. The summed E-state index contributed by atoms with van der Waals surface area (Å²) >= 11 is 0. The summed E-state index contributed by atoms with van der Waals surface area (Å²) in [7, 11) is 0. The standard InChI is InChI=1S/C17H14N4O4/c22-14(8-11-4-1-2-6-13(11)17(23)24)19-10-15-20-16(21-25-15)12-5-3-7-18-9-12/h1-7,9H,8,10H2,(H,19,22)(H,23,24). The molecule has 2 heterocycles. The summed E-state index contributed by atoms with van der Waals surface area (Å²) < 4.78 is 5.08. The van der Waals surface area contributed by atoms with Gasteiger partial charge in [-0.25, -0.2) is 4.79 Å². The predicted molar refractivity (Wildman–Crippen MR) is 86.5 cm³/mol. The molecule has 0 spiro atoms. The van der Waals surface area contributed by atoms with Crippen molar-refractivity contribution in [1.29, 1.82) is 0 Å². The number of hydrogen-bond donors (Lipinski definition) is 2. The summed E-state index contributed by atoms with van der Waals surface area (Å²) in [5, 5.41) is 15.6. The number of carbonyl (C=O) groups is 2. The zero-order valence-electron chi connectivity index (χ0n) is 13.0. The lowest BCUT2D eigenvalue weighted by Gasteiger charge is -2.05. The number of carbonyl (C=O) groups excluding carboxylic acids is 1. The van der Waals surface area contributed by atoms with E-state index in [4.69, 9.17) is 9.63 Å². The third-order valence-electron chi connectivity index (χ3n) is 3.42. The minimum absolute atomic E-state index is 0.0495. The molecule has 0 radical (unpaired) electrons. The van der Waals surface area contributed by atoms with E-state index in [1.807, 2.05) is 0 Å². The van der Waals surface area contributed by atoms with Crippen LogP contribution < -0.4 is 5.32 Å². The highest BCUT2D eigenvalue weighted by molar-refractivity contribution is 5.91. The van der Waals surface area contributed by atoms with Crippen molar-refractivity contribution in [2.75, 3.05) is 0 Å². The number of nitrogens with one attached hydrogen (secondary N) is 1. The van der Waals surface area contributed by atoms with E-state index in [9.17, 15) is 9.59 Å². The minimum atomic E-state index is -1.07. The highest BCUT2D eigenvalue weighted by Gasteiger charge is 2.14. The monoisotopic (exact) mass is 338 g/mol. The van der Waals surface area contributed by atoms with Crippen LogP contribution in [-0.4, -0.2) is 32.1 Å². The molecule has 0 bridgehead atoms. The molecule has 3 aromatic rings. The second-order valence-electron chi connectivity index (χ2n) is 5.17. The van der Waals surface area contributed by atoms with Crippen LogP contribution in [0.25, 0.3) is 11.4 Å². The van der Waals surface area contributed by atoms with E-state index in [1.54, 1.807) is 42.7 Å². The number of benzene rings is 1. The molecular formula is C17H14N4O4. The van der Waals surface area contributed by atoms with Crippen molar-refractivity contribution in [3.05, 3.63) is 65.8 Å². The molecule has 0 saturated carbocycles. The third-order valence-corrected chi connectivity index (χ3v) is 3.42. The van der Waals surface area contributed by atoms with Crippen molar-refractivity contribution >= 4 is 11.9 Å². The van der Waals surface area contributed by atoms with Gasteiger partial charge in [0.15, 0.2) is 0 Å². The summed E-state index contributed by atoms with van der Waals surface area (Å²) in [5.74, 6) is -0.775. The Kier molecular flexibility index (Phi) is 4.79. The number of nitrogens with zero attached hydrogens (tertiary/aromatic N) is 3. The van der Waals surface area contributed by atoms with E-state index in [2.05, 4.69) is 20.4 Å². The van der Waals surface area contributed by atoms with E-state index in [1.165, 1.54) is 6.07 Å². The summed E-state index contributed by atoms with van der Waals surface area (Å²) in [4.78, 5) is 31.3. The number of hydrogen-bond acceptors (Lipinski definition) is 6. The number of rotatable bonds is 6. The fraction of sp³-hybridized carbons (Fsp3) is 0.118. The molecule has 1 amide bonds. The van der Waals surface area contributed by atoms with Crippen LogP contribution in [0.4, 0.5) is 0 Å². The maximum absolute atomic E-state index is 12.0. The molecule has 0 aliphatic rings. The van der Waals surface area contributed by atoms with Gasteiger partial charge in [0.05, 0.1) is 18.5 Å².